The van der Waals surface area contributed by atoms with Gasteiger partial charge in [0.15, 0.2) is 5.76 Å². The highest BCUT2D eigenvalue weighted by molar-refractivity contribution is 5.31. The molecule has 0 radical (unpaired) electrons. The molecule has 1 aromatic heterocycles. The molecule has 2 heterocycles. The maximum Gasteiger partial charge on any atom is 0.227 e. The Kier molecular flexibility index (Phi) is 2.87. The van der Waals surface area contributed by atoms with Crippen LogP contribution in [0.15, 0.2) is 45.6 Å². The zero-order valence-corrected chi connectivity index (χ0v) is 10.8. The number of aryl methyl sites for hydroxylation is 1. The highest BCUT2D eigenvalue weighted by Gasteiger charge is 2.31. The van der Waals surface area contributed by atoms with E-state index in [9.17, 15) is 4.79 Å². The maximum absolute atomic E-state index is 12.0. The number of hydrogen-bond acceptors (Lipinski definition) is 4. The summed E-state index contributed by atoms with van der Waals surface area (Å²) in [7, 11) is 0. The van der Waals surface area contributed by atoms with E-state index in [-0.39, 0.29) is 17.3 Å². The van der Waals surface area contributed by atoms with E-state index in [1.54, 1.807) is 6.92 Å². The summed E-state index contributed by atoms with van der Waals surface area (Å²) in [6.45, 7) is 3.58. The van der Waals surface area contributed by atoms with Crippen molar-refractivity contribution in [2.45, 2.75) is 26.2 Å². The van der Waals surface area contributed by atoms with Gasteiger partial charge in [-0.1, -0.05) is 30.3 Å². The molecule has 1 aliphatic heterocycles. The third-order valence-electron chi connectivity index (χ3n) is 3.05. The second-order valence-corrected chi connectivity index (χ2v) is 4.55. The van der Waals surface area contributed by atoms with Gasteiger partial charge in [0, 0.05) is 11.6 Å². The molecule has 0 amide bonds. The van der Waals surface area contributed by atoms with Gasteiger partial charge in [0.25, 0.3) is 0 Å². The zero-order valence-electron chi connectivity index (χ0n) is 10.8. The van der Waals surface area contributed by atoms with E-state index in [4.69, 9.17) is 13.9 Å². The molecule has 0 spiro atoms. The summed E-state index contributed by atoms with van der Waals surface area (Å²) in [4.78, 5) is 12.0. The van der Waals surface area contributed by atoms with Gasteiger partial charge < -0.3 is 13.9 Å². The minimum atomic E-state index is -0.575. The molecule has 0 saturated heterocycles. The lowest BCUT2D eigenvalue weighted by Gasteiger charge is -2.29. The van der Waals surface area contributed by atoms with E-state index in [2.05, 4.69) is 0 Å². The van der Waals surface area contributed by atoms with Gasteiger partial charge in [-0.15, -0.1) is 0 Å². The Morgan fingerprint density at radius 1 is 1.16 bits per heavy atom. The van der Waals surface area contributed by atoms with Crippen molar-refractivity contribution in [3.05, 3.63) is 63.7 Å². The molecule has 0 saturated carbocycles. The Hall–Kier alpha value is -2.07. The van der Waals surface area contributed by atoms with E-state index in [0.717, 1.165) is 5.56 Å². The van der Waals surface area contributed by atoms with E-state index >= 15 is 0 Å². The minimum absolute atomic E-state index is 0.171. The summed E-state index contributed by atoms with van der Waals surface area (Å²) in [5.41, 5.74) is 0.704. The van der Waals surface area contributed by atoms with Crippen LogP contribution in [0.3, 0.4) is 0 Å². The Labute approximate surface area is 110 Å². The highest BCUT2D eigenvalue weighted by Crippen LogP contribution is 2.37. The molecule has 2 atom stereocenters. The predicted octanol–water partition coefficient (Wildman–Crippen LogP) is 3.12. The molecular weight excluding hydrogens is 244 g/mol. The quantitative estimate of drug-likeness (QED) is 0.788. The first-order chi connectivity index (χ1) is 9.15. The second-order valence-electron chi connectivity index (χ2n) is 4.55. The first-order valence-electron chi connectivity index (χ1n) is 6.17. The van der Waals surface area contributed by atoms with Gasteiger partial charge in [-0.2, -0.15) is 0 Å². The summed E-state index contributed by atoms with van der Waals surface area (Å²) in [6, 6.07) is 11.0. The number of fused-ring (bicyclic) bond motifs is 1. The van der Waals surface area contributed by atoms with E-state index < -0.39 is 6.29 Å². The third-order valence-corrected chi connectivity index (χ3v) is 3.05. The van der Waals surface area contributed by atoms with Crippen molar-refractivity contribution in [1.82, 2.24) is 0 Å². The molecule has 1 aromatic carbocycles. The first kappa shape index (κ1) is 12.0. The fourth-order valence-corrected chi connectivity index (χ4v) is 2.14. The van der Waals surface area contributed by atoms with Crippen LogP contribution in [0.4, 0.5) is 0 Å². The van der Waals surface area contributed by atoms with Gasteiger partial charge in [-0.25, -0.2) is 0 Å². The molecule has 19 heavy (non-hydrogen) atoms. The summed E-state index contributed by atoms with van der Waals surface area (Å²) >= 11 is 0. The monoisotopic (exact) mass is 258 g/mol. The van der Waals surface area contributed by atoms with E-state index in [1.807, 2.05) is 37.3 Å². The number of hydrogen-bond donors (Lipinski definition) is 0. The zero-order chi connectivity index (χ0) is 13.4. The molecule has 0 unspecified atom stereocenters. The molecule has 98 valence electrons. The van der Waals surface area contributed by atoms with Gasteiger partial charge in [0.1, 0.15) is 11.9 Å². The Balaban J connectivity index is 2.03. The standard InChI is InChI=1S/C15H14O4/c1-9-8-12(16)14-13(17-9)10(2)18-15(19-14)11-6-4-3-5-7-11/h3-8,10,15H,1-2H3/t10-,15-/m0/s1. The van der Waals surface area contributed by atoms with E-state index in [1.165, 1.54) is 6.07 Å². The molecule has 0 N–H and O–H groups in total. The van der Waals surface area contributed by atoms with Crippen molar-refractivity contribution >= 4 is 0 Å². The highest BCUT2D eigenvalue weighted by atomic mass is 16.7. The van der Waals surface area contributed by atoms with Crippen LogP contribution in [0.5, 0.6) is 5.75 Å². The Bertz CT molecular complexity index is 645. The minimum Gasteiger partial charge on any atom is -0.459 e. The van der Waals surface area contributed by atoms with Crippen LogP contribution in [-0.4, -0.2) is 0 Å². The lowest BCUT2D eigenvalue weighted by Crippen LogP contribution is -2.25. The summed E-state index contributed by atoms with van der Waals surface area (Å²) < 4.78 is 16.9. The summed E-state index contributed by atoms with van der Waals surface area (Å²) in [6.07, 6.45) is -0.893. The smallest absolute Gasteiger partial charge is 0.227 e. The third kappa shape index (κ3) is 2.15. The average Bonchev–Trinajstić information content (AvgIpc) is 2.41. The fraction of sp³-hybridized carbons (Fsp3) is 0.267. The first-order valence-corrected chi connectivity index (χ1v) is 6.17. The SMILES string of the molecule is Cc1cc(=O)c2c(o1)[C@H](C)O[C@H](c1ccccc1)O2. The van der Waals surface area contributed by atoms with Crippen LogP contribution in [0.2, 0.25) is 0 Å². The topological polar surface area (TPSA) is 48.7 Å². The molecule has 4 nitrogen and oxygen atoms in total. The summed E-state index contributed by atoms with van der Waals surface area (Å²) in [5, 5.41) is 0. The molecule has 3 rings (SSSR count). The second kappa shape index (κ2) is 4.55. The van der Waals surface area contributed by atoms with Crippen molar-refractivity contribution < 1.29 is 13.9 Å². The molecular formula is C15H14O4. The number of rotatable bonds is 1. The number of ether oxygens (including phenoxy) is 2. The van der Waals surface area contributed by atoms with Gasteiger partial charge >= 0.3 is 0 Å². The van der Waals surface area contributed by atoms with Crippen LogP contribution in [0.25, 0.3) is 0 Å². The van der Waals surface area contributed by atoms with Gasteiger partial charge in [0.05, 0.1) is 0 Å². The Morgan fingerprint density at radius 2 is 1.89 bits per heavy atom. The molecule has 0 aliphatic carbocycles. The predicted molar refractivity (Wildman–Crippen MR) is 69.0 cm³/mol. The fourth-order valence-electron chi connectivity index (χ4n) is 2.14. The van der Waals surface area contributed by atoms with Crippen LogP contribution in [0, 0.1) is 6.92 Å². The Morgan fingerprint density at radius 3 is 2.63 bits per heavy atom. The molecule has 0 bridgehead atoms. The van der Waals surface area contributed by atoms with Gasteiger partial charge in [-0.3, -0.25) is 4.79 Å². The number of benzene rings is 1. The van der Waals surface area contributed by atoms with Crippen molar-refractivity contribution in [3.63, 3.8) is 0 Å². The van der Waals surface area contributed by atoms with Crippen molar-refractivity contribution in [2.75, 3.05) is 0 Å². The van der Waals surface area contributed by atoms with Crippen molar-refractivity contribution in [1.29, 1.82) is 0 Å². The van der Waals surface area contributed by atoms with Crippen LogP contribution < -0.4 is 10.2 Å². The maximum atomic E-state index is 12.0. The van der Waals surface area contributed by atoms with E-state index in [0.29, 0.717) is 11.5 Å². The molecule has 0 fully saturated rings. The van der Waals surface area contributed by atoms with Crippen LogP contribution in [-0.2, 0) is 4.74 Å². The van der Waals surface area contributed by atoms with Gasteiger partial charge in [0.2, 0.25) is 17.5 Å². The molecule has 4 heteroatoms. The van der Waals surface area contributed by atoms with Crippen LogP contribution in [0.1, 0.15) is 36.4 Å². The lowest BCUT2D eigenvalue weighted by atomic mass is 10.1. The molecule has 1 aliphatic rings. The summed E-state index contributed by atoms with van der Waals surface area (Å²) in [5.74, 6) is 1.26. The van der Waals surface area contributed by atoms with Gasteiger partial charge in [-0.05, 0) is 13.8 Å². The largest absolute Gasteiger partial charge is 0.459 e. The average molecular weight is 258 g/mol. The van der Waals surface area contributed by atoms with Crippen molar-refractivity contribution in [3.8, 4) is 5.75 Å². The lowest BCUT2D eigenvalue weighted by molar-refractivity contribution is -0.148. The van der Waals surface area contributed by atoms with Crippen molar-refractivity contribution in [2.24, 2.45) is 0 Å². The van der Waals surface area contributed by atoms with Crippen LogP contribution >= 0.6 is 0 Å². The normalized spacial score (nSPS) is 21.6. The molecule has 2 aromatic rings.